The largest absolute Gasteiger partial charge is 0.463 e. The van der Waals surface area contributed by atoms with Crippen LogP contribution in [0.4, 0.5) is 0 Å². The minimum atomic E-state index is -1.48. The van der Waals surface area contributed by atoms with Crippen LogP contribution in [0.5, 0.6) is 0 Å². The van der Waals surface area contributed by atoms with Crippen LogP contribution in [0.2, 0.25) is 0 Å². The lowest BCUT2D eigenvalue weighted by Crippen LogP contribution is -2.63. The van der Waals surface area contributed by atoms with Gasteiger partial charge in [0.1, 0.15) is 12.7 Å². The van der Waals surface area contributed by atoms with Crippen molar-refractivity contribution in [1.29, 1.82) is 0 Å². The number of hydrogen-bond acceptors (Lipinski definition) is 11. The third-order valence-corrected chi connectivity index (χ3v) is 7.18. The molecule has 0 radical (unpaired) electrons. The monoisotopic (exact) mass is 614 g/mol. The molecule has 0 aliphatic carbocycles. The molecule has 1 heterocycles. The van der Waals surface area contributed by atoms with Crippen LogP contribution in [0, 0.1) is 0 Å². The van der Waals surface area contributed by atoms with Crippen molar-refractivity contribution in [3.8, 4) is 0 Å². The Bertz CT molecular complexity index is 843. The van der Waals surface area contributed by atoms with Gasteiger partial charge in [-0.3, -0.25) is 24.0 Å². The normalized spacial score (nSPS) is 21.5. The molecule has 1 aliphatic heterocycles. The van der Waals surface area contributed by atoms with Gasteiger partial charge in [0.2, 0.25) is 12.4 Å². The van der Waals surface area contributed by atoms with Gasteiger partial charge < -0.3 is 28.4 Å². The topological polar surface area (TPSA) is 141 Å². The van der Waals surface area contributed by atoms with Gasteiger partial charge in [-0.15, -0.1) is 0 Å². The molecule has 0 aromatic heterocycles. The summed E-state index contributed by atoms with van der Waals surface area (Å²) >= 11 is 0. The first-order chi connectivity index (χ1) is 20.5. The van der Waals surface area contributed by atoms with Crippen molar-refractivity contribution in [2.45, 2.75) is 168 Å². The van der Waals surface area contributed by atoms with Crippen molar-refractivity contribution in [2.75, 3.05) is 6.61 Å². The van der Waals surface area contributed by atoms with E-state index >= 15 is 0 Å². The van der Waals surface area contributed by atoms with Crippen LogP contribution in [0.15, 0.2) is 0 Å². The SMILES string of the molecule is CCCCCCCCCCCCCCCCCC(=O)O[C@@H]1O[C@H](COC(C)=O)[C@@H](OC(C)=O)[C@H](OC(C)=O)[C@H]1OC(C)=O. The molecule has 11 nitrogen and oxygen atoms in total. The van der Waals surface area contributed by atoms with Crippen molar-refractivity contribution >= 4 is 29.8 Å². The first kappa shape index (κ1) is 38.3. The summed E-state index contributed by atoms with van der Waals surface area (Å²) in [6.07, 6.45) is 11.4. The molecule has 11 heteroatoms. The number of rotatable bonds is 22. The molecule has 0 spiro atoms. The highest BCUT2D eigenvalue weighted by atomic mass is 16.7. The van der Waals surface area contributed by atoms with E-state index < -0.39 is 60.6 Å². The lowest BCUT2D eigenvalue weighted by molar-refractivity contribution is -0.300. The van der Waals surface area contributed by atoms with Crippen LogP contribution in [0.25, 0.3) is 0 Å². The summed E-state index contributed by atoms with van der Waals surface area (Å²) in [5, 5.41) is 0. The Hall–Kier alpha value is -2.69. The van der Waals surface area contributed by atoms with Crippen molar-refractivity contribution < 1.29 is 52.4 Å². The number of esters is 5. The third kappa shape index (κ3) is 17.9. The summed E-state index contributed by atoms with van der Waals surface area (Å²) in [5.74, 6) is -3.46. The summed E-state index contributed by atoms with van der Waals surface area (Å²) in [4.78, 5) is 59.8. The van der Waals surface area contributed by atoms with E-state index in [1.165, 1.54) is 77.6 Å². The molecule has 0 amide bonds. The Morgan fingerprint density at radius 2 is 0.930 bits per heavy atom. The molecule has 0 N–H and O–H groups in total. The van der Waals surface area contributed by atoms with Gasteiger partial charge in [0, 0.05) is 34.1 Å². The molecule has 0 aromatic rings. The fourth-order valence-corrected chi connectivity index (χ4v) is 5.11. The highest BCUT2D eigenvalue weighted by Crippen LogP contribution is 2.30. The minimum absolute atomic E-state index is 0.116. The van der Waals surface area contributed by atoms with Crippen LogP contribution in [0.1, 0.15) is 137 Å². The molecular formula is C32H54O11. The maximum absolute atomic E-state index is 12.7. The molecule has 5 atom stereocenters. The summed E-state index contributed by atoms with van der Waals surface area (Å²) in [5.41, 5.74) is 0. The number of ether oxygens (including phenoxy) is 6. The molecule has 1 aliphatic rings. The number of carbonyl (C=O) groups is 5. The molecular weight excluding hydrogens is 560 g/mol. The second-order valence-corrected chi connectivity index (χ2v) is 11.3. The summed E-state index contributed by atoms with van der Waals surface area (Å²) in [6.45, 7) is 6.44. The van der Waals surface area contributed by atoms with E-state index in [1.54, 1.807) is 0 Å². The van der Waals surface area contributed by atoms with Crippen molar-refractivity contribution in [3.63, 3.8) is 0 Å². The molecule has 1 saturated heterocycles. The summed E-state index contributed by atoms with van der Waals surface area (Å²) < 4.78 is 32.3. The molecule has 1 rings (SSSR count). The van der Waals surface area contributed by atoms with Crippen molar-refractivity contribution in [2.24, 2.45) is 0 Å². The van der Waals surface area contributed by atoms with Gasteiger partial charge in [-0.25, -0.2) is 0 Å². The second kappa shape index (κ2) is 22.8. The molecule has 0 unspecified atom stereocenters. The molecule has 1 fully saturated rings. The smallest absolute Gasteiger partial charge is 0.308 e. The number of hydrogen-bond donors (Lipinski definition) is 0. The number of carbonyl (C=O) groups excluding carboxylic acids is 5. The third-order valence-electron chi connectivity index (χ3n) is 7.18. The van der Waals surface area contributed by atoms with E-state index in [4.69, 9.17) is 28.4 Å². The van der Waals surface area contributed by atoms with E-state index in [1.807, 2.05) is 0 Å². The van der Waals surface area contributed by atoms with Crippen LogP contribution >= 0.6 is 0 Å². The van der Waals surface area contributed by atoms with E-state index in [2.05, 4.69) is 6.92 Å². The lowest BCUT2D eigenvalue weighted by atomic mass is 9.98. The van der Waals surface area contributed by atoms with Gasteiger partial charge in [0.25, 0.3) is 0 Å². The van der Waals surface area contributed by atoms with Crippen molar-refractivity contribution in [3.05, 3.63) is 0 Å². The number of unbranched alkanes of at least 4 members (excludes halogenated alkanes) is 14. The van der Waals surface area contributed by atoms with E-state index in [-0.39, 0.29) is 13.0 Å². The Morgan fingerprint density at radius 3 is 1.37 bits per heavy atom. The molecule has 248 valence electrons. The first-order valence-corrected chi connectivity index (χ1v) is 16.0. The fraction of sp³-hybridized carbons (Fsp3) is 0.844. The van der Waals surface area contributed by atoms with Crippen LogP contribution < -0.4 is 0 Å². The second-order valence-electron chi connectivity index (χ2n) is 11.3. The summed E-state index contributed by atoms with van der Waals surface area (Å²) in [6, 6.07) is 0. The van der Waals surface area contributed by atoms with Gasteiger partial charge in [-0.2, -0.15) is 0 Å². The van der Waals surface area contributed by atoms with Crippen LogP contribution in [-0.4, -0.2) is 67.2 Å². The quantitative estimate of drug-likeness (QED) is 0.0820. The lowest BCUT2D eigenvalue weighted by Gasteiger charge is -2.43. The average Bonchev–Trinajstić information content (AvgIpc) is 2.92. The molecule has 0 bridgehead atoms. The predicted molar refractivity (Wildman–Crippen MR) is 158 cm³/mol. The highest BCUT2D eigenvalue weighted by Gasteiger charge is 2.53. The van der Waals surface area contributed by atoms with E-state index in [9.17, 15) is 24.0 Å². The Balaban J connectivity index is 2.55. The van der Waals surface area contributed by atoms with Gasteiger partial charge in [0.15, 0.2) is 12.2 Å². The fourth-order valence-electron chi connectivity index (χ4n) is 5.11. The minimum Gasteiger partial charge on any atom is -0.463 e. The average molecular weight is 615 g/mol. The maximum atomic E-state index is 12.7. The van der Waals surface area contributed by atoms with Crippen LogP contribution in [-0.2, 0) is 52.4 Å². The van der Waals surface area contributed by atoms with Crippen molar-refractivity contribution in [1.82, 2.24) is 0 Å². The van der Waals surface area contributed by atoms with E-state index in [0.717, 1.165) is 40.0 Å². The highest BCUT2D eigenvalue weighted by molar-refractivity contribution is 5.70. The Kier molecular flexibility index (Phi) is 20.3. The standard InChI is InChI=1S/C32H54O11/c1-6-7-8-9-10-11-12-13-14-15-16-17-18-19-20-21-28(37)43-32-31(41-26(5)36)30(40-25(4)35)29(39-24(3)34)27(42-32)22-38-23(2)33/h27,29-32H,6-22H2,1-5H3/t27-,29-,30+,31-,32+/m1/s1. The zero-order valence-corrected chi connectivity index (χ0v) is 26.9. The van der Waals surface area contributed by atoms with Gasteiger partial charge in [-0.1, -0.05) is 96.8 Å². The first-order valence-electron chi connectivity index (χ1n) is 16.0. The van der Waals surface area contributed by atoms with Crippen LogP contribution in [0.3, 0.4) is 0 Å². The van der Waals surface area contributed by atoms with Gasteiger partial charge in [-0.05, 0) is 6.42 Å². The zero-order chi connectivity index (χ0) is 32.0. The predicted octanol–water partition coefficient (Wildman–Crippen LogP) is 5.87. The van der Waals surface area contributed by atoms with Gasteiger partial charge >= 0.3 is 29.8 Å². The van der Waals surface area contributed by atoms with Gasteiger partial charge in [0.05, 0.1) is 0 Å². The maximum Gasteiger partial charge on any atom is 0.308 e. The molecule has 0 saturated carbocycles. The zero-order valence-electron chi connectivity index (χ0n) is 26.9. The Morgan fingerprint density at radius 1 is 0.512 bits per heavy atom. The Labute approximate surface area is 257 Å². The molecule has 43 heavy (non-hydrogen) atoms. The van der Waals surface area contributed by atoms with E-state index in [0.29, 0.717) is 6.42 Å². The summed E-state index contributed by atoms with van der Waals surface area (Å²) in [7, 11) is 0. The molecule has 0 aromatic carbocycles.